The van der Waals surface area contributed by atoms with Gasteiger partial charge in [0, 0.05) is 29.3 Å². The average molecular weight is 626 g/mol. The molecular formula is C30H26Cl2N4O5S. The number of hydrogen-bond acceptors (Lipinski definition) is 7. The highest BCUT2D eigenvalue weighted by Gasteiger charge is 2.33. The number of para-hydroxylation sites is 1. The normalized spacial score (nSPS) is 19.2. The van der Waals surface area contributed by atoms with Gasteiger partial charge in [-0.05, 0) is 35.4 Å². The number of pyridine rings is 1. The molecule has 0 amide bonds. The first-order valence-electron chi connectivity index (χ1n) is 13.1. The van der Waals surface area contributed by atoms with E-state index in [1.54, 1.807) is 47.4 Å². The molecule has 3 unspecified atom stereocenters. The number of aromatic nitrogens is 3. The molecule has 1 aliphatic heterocycles. The first kappa shape index (κ1) is 28.6. The number of ether oxygens (including phenoxy) is 2. The summed E-state index contributed by atoms with van der Waals surface area (Å²) in [5, 5.41) is 10.7. The van der Waals surface area contributed by atoms with Crippen molar-refractivity contribution in [3.8, 4) is 0 Å². The quantitative estimate of drug-likeness (QED) is 0.209. The molecule has 2 N–H and O–H groups in total. The lowest BCUT2D eigenvalue weighted by atomic mass is 10.00. The number of nitrogens with zero attached hydrogens (tertiary/aromatic N) is 3. The van der Waals surface area contributed by atoms with Crippen molar-refractivity contribution in [3.63, 3.8) is 0 Å². The van der Waals surface area contributed by atoms with Gasteiger partial charge < -0.3 is 19.1 Å². The van der Waals surface area contributed by atoms with Gasteiger partial charge in [-0.2, -0.15) is 0 Å². The monoisotopic (exact) mass is 624 g/mol. The first-order valence-corrected chi connectivity index (χ1v) is 15.4. The Morgan fingerprint density at radius 3 is 2.50 bits per heavy atom. The minimum Gasteiger partial charge on any atom is -0.392 e. The maximum atomic E-state index is 13.4. The zero-order valence-corrected chi connectivity index (χ0v) is 24.4. The third kappa shape index (κ3) is 6.00. The molecule has 12 heteroatoms. The molecule has 42 heavy (non-hydrogen) atoms. The molecule has 0 saturated carbocycles. The molecule has 0 aliphatic carbocycles. The van der Waals surface area contributed by atoms with Crippen molar-refractivity contribution < 1.29 is 23.0 Å². The van der Waals surface area contributed by atoms with E-state index < -0.39 is 16.3 Å². The van der Waals surface area contributed by atoms with Crippen LogP contribution in [0, 0.1) is 0 Å². The van der Waals surface area contributed by atoms with Crippen LogP contribution in [0.2, 0.25) is 10.3 Å². The van der Waals surface area contributed by atoms with E-state index >= 15 is 0 Å². The molecule has 5 aromatic rings. The Kier molecular flexibility index (Phi) is 8.17. The average Bonchev–Trinajstić information content (AvgIpc) is 3.32. The Hall–Kier alpha value is -3.51. The number of aliphatic hydroxyl groups excluding tert-OH is 1. The summed E-state index contributed by atoms with van der Waals surface area (Å²) < 4.78 is 44.0. The number of nitrogens with one attached hydrogen (secondary N) is 1. The van der Waals surface area contributed by atoms with Gasteiger partial charge in [0.15, 0.2) is 11.4 Å². The molecule has 0 bridgehead atoms. The van der Waals surface area contributed by atoms with Gasteiger partial charge in [0.2, 0.25) is 0 Å². The molecule has 1 aliphatic rings. The molecule has 0 radical (unpaired) electrons. The number of hydrogen-bond donors (Lipinski definition) is 2. The Labute approximate surface area is 252 Å². The van der Waals surface area contributed by atoms with E-state index in [9.17, 15) is 13.5 Å². The highest BCUT2D eigenvalue weighted by Crippen LogP contribution is 2.39. The minimum atomic E-state index is -3.95. The van der Waals surface area contributed by atoms with E-state index in [2.05, 4.69) is 14.7 Å². The lowest BCUT2D eigenvalue weighted by molar-refractivity contribution is -0.252. The molecule has 0 spiro atoms. The second-order valence-electron chi connectivity index (χ2n) is 9.89. The molecule has 216 valence electrons. The number of rotatable bonds is 8. The van der Waals surface area contributed by atoms with Gasteiger partial charge in [0.25, 0.3) is 10.0 Å². The SMILES string of the molecule is O=S(=O)(Nc1cccc(C2OC(Cn3cnc(Cl)c3Cl)CC(c3ccc(CO)cc3)O2)c1)c1cccc2cccnc12. The van der Waals surface area contributed by atoms with E-state index in [-0.39, 0.29) is 28.9 Å². The summed E-state index contributed by atoms with van der Waals surface area (Å²) in [6.07, 6.45) is 2.14. The zero-order valence-electron chi connectivity index (χ0n) is 22.1. The summed E-state index contributed by atoms with van der Waals surface area (Å²) in [5.74, 6) is 0. The number of fused-ring (bicyclic) bond motifs is 1. The maximum absolute atomic E-state index is 13.4. The summed E-state index contributed by atoms with van der Waals surface area (Å²) in [6.45, 7) is 0.321. The lowest BCUT2D eigenvalue weighted by Crippen LogP contribution is -2.32. The molecule has 6 rings (SSSR count). The van der Waals surface area contributed by atoms with Crippen LogP contribution in [0.5, 0.6) is 0 Å². The summed E-state index contributed by atoms with van der Waals surface area (Å²) in [7, 11) is -3.95. The van der Waals surface area contributed by atoms with E-state index in [0.717, 1.165) is 16.5 Å². The van der Waals surface area contributed by atoms with E-state index in [1.165, 1.54) is 6.07 Å². The summed E-state index contributed by atoms with van der Waals surface area (Å²) in [4.78, 5) is 8.42. The van der Waals surface area contributed by atoms with Gasteiger partial charge in [-0.3, -0.25) is 9.71 Å². The van der Waals surface area contributed by atoms with Crippen LogP contribution in [0.25, 0.3) is 10.9 Å². The van der Waals surface area contributed by atoms with Crippen LogP contribution in [0.4, 0.5) is 5.69 Å². The molecule has 9 nitrogen and oxygen atoms in total. The first-order chi connectivity index (χ1) is 20.3. The van der Waals surface area contributed by atoms with Crippen LogP contribution < -0.4 is 4.72 Å². The fraction of sp³-hybridized carbons (Fsp3) is 0.200. The van der Waals surface area contributed by atoms with Gasteiger partial charge in [-0.15, -0.1) is 0 Å². The minimum absolute atomic E-state index is 0.0579. The topological polar surface area (TPSA) is 116 Å². The fourth-order valence-corrected chi connectivity index (χ4v) is 6.52. The number of anilines is 1. The van der Waals surface area contributed by atoms with Crippen LogP contribution >= 0.6 is 23.2 Å². The maximum Gasteiger partial charge on any atom is 0.264 e. The largest absolute Gasteiger partial charge is 0.392 e. The van der Waals surface area contributed by atoms with Crippen LogP contribution in [0.3, 0.4) is 0 Å². The Balaban J connectivity index is 1.29. The van der Waals surface area contributed by atoms with E-state index in [1.807, 2.05) is 42.5 Å². The molecule has 1 fully saturated rings. The van der Waals surface area contributed by atoms with Gasteiger partial charge in [-0.25, -0.2) is 13.4 Å². The Bertz CT molecular complexity index is 1830. The summed E-state index contributed by atoms with van der Waals surface area (Å²) in [5.41, 5.74) is 3.07. The highest BCUT2D eigenvalue weighted by atomic mass is 35.5. The Morgan fingerprint density at radius 2 is 1.74 bits per heavy atom. The third-order valence-corrected chi connectivity index (χ3v) is 9.23. The van der Waals surface area contributed by atoms with Crippen molar-refractivity contribution in [2.24, 2.45) is 0 Å². The van der Waals surface area contributed by atoms with Gasteiger partial charge in [0.1, 0.15) is 10.0 Å². The molecule has 3 atom stereocenters. The summed E-state index contributed by atoms with van der Waals surface area (Å²) in [6, 6.07) is 23.0. The highest BCUT2D eigenvalue weighted by molar-refractivity contribution is 7.93. The number of imidazole rings is 1. The van der Waals surface area contributed by atoms with Crippen molar-refractivity contribution in [1.82, 2.24) is 14.5 Å². The van der Waals surface area contributed by atoms with Crippen LogP contribution in [-0.4, -0.2) is 34.2 Å². The van der Waals surface area contributed by atoms with Crippen molar-refractivity contribution in [1.29, 1.82) is 0 Å². The van der Waals surface area contributed by atoms with Crippen LogP contribution in [0.1, 0.15) is 35.5 Å². The van der Waals surface area contributed by atoms with E-state index in [4.69, 9.17) is 32.7 Å². The van der Waals surface area contributed by atoms with Gasteiger partial charge in [0.05, 0.1) is 37.2 Å². The Morgan fingerprint density at radius 1 is 0.952 bits per heavy atom. The van der Waals surface area contributed by atoms with Crippen LogP contribution in [0.15, 0.2) is 96.3 Å². The number of halogens is 2. The predicted octanol–water partition coefficient (Wildman–Crippen LogP) is 6.28. The van der Waals surface area contributed by atoms with Crippen molar-refractivity contribution in [3.05, 3.63) is 118 Å². The lowest BCUT2D eigenvalue weighted by Gasteiger charge is -2.36. The van der Waals surface area contributed by atoms with E-state index in [0.29, 0.717) is 34.9 Å². The van der Waals surface area contributed by atoms with Crippen LogP contribution in [-0.2, 0) is 32.6 Å². The smallest absolute Gasteiger partial charge is 0.264 e. The van der Waals surface area contributed by atoms with Crippen molar-refractivity contribution in [2.75, 3.05) is 4.72 Å². The van der Waals surface area contributed by atoms with Gasteiger partial charge in [-0.1, -0.05) is 77.8 Å². The predicted molar refractivity (Wildman–Crippen MR) is 160 cm³/mol. The molecule has 1 saturated heterocycles. The molecule has 3 heterocycles. The second kappa shape index (κ2) is 12.0. The van der Waals surface area contributed by atoms with Gasteiger partial charge >= 0.3 is 0 Å². The zero-order chi connectivity index (χ0) is 29.3. The summed E-state index contributed by atoms with van der Waals surface area (Å²) >= 11 is 12.4. The number of benzene rings is 3. The fourth-order valence-electron chi connectivity index (χ4n) is 4.97. The second-order valence-corrected chi connectivity index (χ2v) is 12.3. The molecular weight excluding hydrogens is 599 g/mol. The van der Waals surface area contributed by atoms with Crippen molar-refractivity contribution in [2.45, 2.75) is 43.0 Å². The molecule has 2 aromatic heterocycles. The third-order valence-electron chi connectivity index (χ3n) is 7.04. The number of sulfonamides is 1. The van der Waals surface area contributed by atoms with Crippen molar-refractivity contribution >= 4 is 49.8 Å². The molecule has 3 aromatic carbocycles. The standard InChI is InChI=1S/C30H26Cl2N4O5S/c31-28-29(32)36(18-34-28)16-24-15-25(20-11-9-19(17-37)10-12-20)41-30(40-24)22-5-1-7-23(14-22)35-42(38,39)26-8-2-4-21-6-3-13-33-27(21)26/h1-14,18,24-25,30,35,37H,15-17H2. The number of aliphatic hydroxyl groups is 1.